The summed E-state index contributed by atoms with van der Waals surface area (Å²) in [4.78, 5) is 6.37. The molecule has 0 aliphatic carbocycles. The van der Waals surface area contributed by atoms with Crippen LogP contribution >= 0.6 is 0 Å². The van der Waals surface area contributed by atoms with Crippen LogP contribution in [0, 0.1) is 6.92 Å². The van der Waals surface area contributed by atoms with Crippen LogP contribution in [-0.4, -0.2) is 19.1 Å². The van der Waals surface area contributed by atoms with Crippen LogP contribution in [0.4, 0.5) is 5.69 Å². The van der Waals surface area contributed by atoms with Gasteiger partial charge >= 0.3 is 0 Å². The van der Waals surface area contributed by atoms with Crippen LogP contribution in [0.5, 0.6) is 0 Å². The van der Waals surface area contributed by atoms with Gasteiger partial charge in [0.05, 0.1) is 0 Å². The summed E-state index contributed by atoms with van der Waals surface area (Å²) in [5.41, 5.74) is 4.63. The average Bonchev–Trinajstić information content (AvgIpc) is 2.49. The Labute approximate surface area is 122 Å². The van der Waals surface area contributed by atoms with Gasteiger partial charge in [-0.15, -0.1) is 0 Å². The smallest absolute Gasteiger partial charge is 0.0444 e. The molecule has 0 radical (unpaired) electrons. The summed E-state index contributed by atoms with van der Waals surface area (Å²) in [5.74, 6) is 0. The molecule has 20 heavy (non-hydrogen) atoms. The first-order chi connectivity index (χ1) is 9.66. The third-order valence-electron chi connectivity index (χ3n) is 2.91. The summed E-state index contributed by atoms with van der Waals surface area (Å²) in [7, 11) is 4.09. The van der Waals surface area contributed by atoms with Crippen molar-refractivity contribution in [3.05, 3.63) is 59.4 Å². The number of aryl methyl sites for hydroxylation is 1. The van der Waals surface area contributed by atoms with Gasteiger partial charge in [0.25, 0.3) is 0 Å². The van der Waals surface area contributed by atoms with E-state index in [1.54, 1.807) is 0 Å². The van der Waals surface area contributed by atoms with E-state index in [9.17, 15) is 0 Å². The quantitative estimate of drug-likeness (QED) is 0.805. The number of hydrogen-bond acceptors (Lipinski definition) is 2. The SMILES string of the molecule is CC.Cc1ncccc1/C=C/c1ccc(N(C)C)cc1. The van der Waals surface area contributed by atoms with Gasteiger partial charge < -0.3 is 4.90 Å². The lowest BCUT2D eigenvalue weighted by atomic mass is 10.1. The van der Waals surface area contributed by atoms with Crippen molar-refractivity contribution in [1.82, 2.24) is 4.98 Å². The predicted molar refractivity (Wildman–Crippen MR) is 90.0 cm³/mol. The van der Waals surface area contributed by atoms with E-state index in [1.807, 2.05) is 47.1 Å². The van der Waals surface area contributed by atoms with E-state index in [0.29, 0.717) is 0 Å². The lowest BCUT2D eigenvalue weighted by molar-refractivity contribution is 1.13. The molecule has 0 saturated carbocycles. The summed E-state index contributed by atoms with van der Waals surface area (Å²) >= 11 is 0. The van der Waals surface area contributed by atoms with E-state index in [4.69, 9.17) is 0 Å². The lowest BCUT2D eigenvalue weighted by Gasteiger charge is -2.11. The van der Waals surface area contributed by atoms with Crippen molar-refractivity contribution in [3.63, 3.8) is 0 Å². The normalized spacial score (nSPS) is 10.1. The zero-order valence-corrected chi connectivity index (χ0v) is 13.1. The van der Waals surface area contributed by atoms with Crippen LogP contribution in [0.3, 0.4) is 0 Å². The number of aromatic nitrogens is 1. The summed E-state index contributed by atoms with van der Waals surface area (Å²) in [5, 5.41) is 0. The van der Waals surface area contributed by atoms with Gasteiger partial charge in [-0.1, -0.05) is 44.2 Å². The fourth-order valence-corrected chi connectivity index (χ4v) is 1.74. The van der Waals surface area contributed by atoms with Crippen molar-refractivity contribution in [1.29, 1.82) is 0 Å². The molecule has 0 aliphatic rings. The Hall–Kier alpha value is -2.09. The van der Waals surface area contributed by atoms with Crippen molar-refractivity contribution < 1.29 is 0 Å². The van der Waals surface area contributed by atoms with Crippen molar-refractivity contribution in [2.75, 3.05) is 19.0 Å². The molecule has 0 aliphatic heterocycles. The predicted octanol–water partition coefficient (Wildman–Crippen LogP) is 4.65. The first kappa shape index (κ1) is 16.0. The molecule has 0 N–H and O–H groups in total. The average molecular weight is 268 g/mol. The molecule has 0 fully saturated rings. The van der Waals surface area contributed by atoms with Crippen LogP contribution in [0.2, 0.25) is 0 Å². The van der Waals surface area contributed by atoms with Gasteiger partial charge in [0.2, 0.25) is 0 Å². The van der Waals surface area contributed by atoms with E-state index in [-0.39, 0.29) is 0 Å². The summed E-state index contributed by atoms with van der Waals surface area (Å²) in [6, 6.07) is 12.5. The third kappa shape index (κ3) is 4.54. The highest BCUT2D eigenvalue weighted by Crippen LogP contribution is 2.15. The Bertz CT molecular complexity index is 540. The molecule has 0 spiro atoms. The van der Waals surface area contributed by atoms with Crippen molar-refractivity contribution in [3.8, 4) is 0 Å². The molecule has 0 unspecified atom stereocenters. The molecule has 2 rings (SSSR count). The molecule has 0 atom stereocenters. The maximum absolute atomic E-state index is 4.27. The van der Waals surface area contributed by atoms with Gasteiger partial charge in [-0.05, 0) is 36.2 Å². The summed E-state index contributed by atoms with van der Waals surface area (Å²) < 4.78 is 0. The minimum absolute atomic E-state index is 1.05. The maximum Gasteiger partial charge on any atom is 0.0444 e. The molecule has 2 nitrogen and oxygen atoms in total. The van der Waals surface area contributed by atoms with E-state index >= 15 is 0 Å². The number of rotatable bonds is 3. The summed E-state index contributed by atoms with van der Waals surface area (Å²) in [6.07, 6.45) is 6.04. The second kappa shape index (κ2) is 8.16. The fourth-order valence-electron chi connectivity index (χ4n) is 1.74. The Morgan fingerprint density at radius 3 is 2.15 bits per heavy atom. The topological polar surface area (TPSA) is 16.1 Å². The number of anilines is 1. The minimum atomic E-state index is 1.05. The van der Waals surface area contributed by atoms with E-state index in [1.165, 1.54) is 11.3 Å². The molecule has 2 aromatic rings. The highest BCUT2D eigenvalue weighted by atomic mass is 15.1. The number of hydrogen-bond donors (Lipinski definition) is 0. The second-order valence-electron chi connectivity index (χ2n) is 4.50. The third-order valence-corrected chi connectivity index (χ3v) is 2.91. The number of pyridine rings is 1. The van der Waals surface area contributed by atoms with Gasteiger partial charge in [0.15, 0.2) is 0 Å². The first-order valence-electron chi connectivity index (χ1n) is 7.04. The molecule has 0 bridgehead atoms. The lowest BCUT2D eigenvalue weighted by Crippen LogP contribution is -2.07. The summed E-state index contributed by atoms with van der Waals surface area (Å²) in [6.45, 7) is 6.02. The van der Waals surface area contributed by atoms with Crippen molar-refractivity contribution >= 4 is 17.8 Å². The molecule has 1 heterocycles. The van der Waals surface area contributed by atoms with E-state index in [0.717, 1.165) is 11.3 Å². The zero-order chi connectivity index (χ0) is 15.0. The Kier molecular flexibility index (Phi) is 6.51. The Morgan fingerprint density at radius 2 is 1.60 bits per heavy atom. The molecule has 1 aromatic carbocycles. The van der Waals surface area contributed by atoms with Crippen molar-refractivity contribution in [2.45, 2.75) is 20.8 Å². The molecule has 106 valence electrons. The zero-order valence-electron chi connectivity index (χ0n) is 13.1. The standard InChI is InChI=1S/C16H18N2.C2H6/c1-13-15(5-4-12-17-13)9-6-14-7-10-16(11-8-14)18(2)3;1-2/h4-12H,1-3H3;1-2H3/b9-6+;. The molecule has 1 aromatic heterocycles. The van der Waals surface area contributed by atoms with E-state index in [2.05, 4.69) is 52.4 Å². The Balaban J connectivity index is 0.000000956. The monoisotopic (exact) mass is 268 g/mol. The van der Waals surface area contributed by atoms with Crippen LogP contribution in [-0.2, 0) is 0 Å². The highest BCUT2D eigenvalue weighted by molar-refractivity contribution is 5.71. The largest absolute Gasteiger partial charge is 0.378 e. The van der Waals surface area contributed by atoms with Gasteiger partial charge in [-0.25, -0.2) is 0 Å². The first-order valence-corrected chi connectivity index (χ1v) is 7.04. The minimum Gasteiger partial charge on any atom is -0.378 e. The molecule has 0 amide bonds. The number of benzene rings is 1. The van der Waals surface area contributed by atoms with Gasteiger partial charge in [0.1, 0.15) is 0 Å². The van der Waals surface area contributed by atoms with Gasteiger partial charge in [-0.3, -0.25) is 4.98 Å². The van der Waals surface area contributed by atoms with Crippen LogP contribution < -0.4 is 4.90 Å². The van der Waals surface area contributed by atoms with Gasteiger partial charge in [-0.2, -0.15) is 0 Å². The fraction of sp³-hybridized carbons (Fsp3) is 0.278. The van der Waals surface area contributed by atoms with E-state index < -0.39 is 0 Å². The highest BCUT2D eigenvalue weighted by Gasteiger charge is 1.95. The molecular weight excluding hydrogens is 244 g/mol. The Morgan fingerprint density at radius 1 is 0.950 bits per heavy atom. The molecular formula is C18H24N2. The van der Waals surface area contributed by atoms with Crippen molar-refractivity contribution in [2.24, 2.45) is 0 Å². The molecule has 0 saturated heterocycles. The molecule has 2 heteroatoms. The number of nitrogens with zero attached hydrogens (tertiary/aromatic N) is 2. The van der Waals surface area contributed by atoms with Crippen LogP contribution in [0.25, 0.3) is 12.2 Å². The van der Waals surface area contributed by atoms with Crippen LogP contribution in [0.15, 0.2) is 42.6 Å². The van der Waals surface area contributed by atoms with Crippen LogP contribution in [0.1, 0.15) is 30.7 Å². The van der Waals surface area contributed by atoms with Gasteiger partial charge in [0, 0.05) is 31.7 Å². The second-order valence-corrected chi connectivity index (χ2v) is 4.50. The maximum atomic E-state index is 4.27.